The molecule has 0 bridgehead atoms. The fourth-order valence-corrected chi connectivity index (χ4v) is 0.227. The second-order valence-corrected chi connectivity index (χ2v) is 1.19. The van der Waals surface area contributed by atoms with Crippen molar-refractivity contribution in [2.45, 2.75) is 19.8 Å². The van der Waals surface area contributed by atoms with Crippen LogP contribution in [0.1, 0.15) is 19.8 Å². The molecule has 0 atom stereocenters. The van der Waals surface area contributed by atoms with Gasteiger partial charge in [0.25, 0.3) is 0 Å². The Balaban J connectivity index is 3.07. The van der Waals surface area contributed by atoms with Crippen LogP contribution in [-0.4, -0.2) is 0 Å². The maximum absolute atomic E-state index is 9.19. The lowest BCUT2D eigenvalue weighted by atomic mass is 10.4. The average Bonchev–Trinajstić information content (AvgIpc) is 1.81. The second kappa shape index (κ2) is 5.96. The van der Waals surface area contributed by atoms with Gasteiger partial charge >= 0.3 is 0 Å². The summed E-state index contributed by atoms with van der Waals surface area (Å²) in [7, 11) is 0. The standard InChI is InChI=1S/C5H7NO2/c1-2-3-4-5-8-6-7/h2-3H2,1H3. The van der Waals surface area contributed by atoms with Gasteiger partial charge in [0, 0.05) is 6.42 Å². The minimum atomic E-state index is 0.746. The molecular weight excluding hydrogens is 106 g/mol. The molecule has 0 heterocycles. The summed E-state index contributed by atoms with van der Waals surface area (Å²) < 4.78 is 0. The molecule has 0 radical (unpaired) electrons. The number of rotatable bonds is 2. The van der Waals surface area contributed by atoms with Crippen LogP contribution in [0.2, 0.25) is 0 Å². The molecule has 44 valence electrons. The van der Waals surface area contributed by atoms with Crippen molar-refractivity contribution in [1.82, 2.24) is 0 Å². The third-order valence-electron chi connectivity index (χ3n) is 0.530. The molecule has 0 aromatic rings. The summed E-state index contributed by atoms with van der Waals surface area (Å²) in [5.74, 6) is 2.57. The van der Waals surface area contributed by atoms with Crippen molar-refractivity contribution >= 4 is 0 Å². The van der Waals surface area contributed by atoms with Crippen LogP contribution in [0.3, 0.4) is 0 Å². The van der Waals surface area contributed by atoms with Crippen molar-refractivity contribution in [1.29, 1.82) is 0 Å². The van der Waals surface area contributed by atoms with Crippen LogP contribution in [0.5, 0.6) is 0 Å². The zero-order chi connectivity index (χ0) is 6.24. The summed E-state index contributed by atoms with van der Waals surface area (Å²) in [4.78, 5) is 13.0. The molecule has 0 unspecified atom stereocenters. The van der Waals surface area contributed by atoms with Gasteiger partial charge in [-0.15, -0.1) is 4.91 Å². The molecule has 0 saturated heterocycles. The van der Waals surface area contributed by atoms with Crippen molar-refractivity contribution in [3.8, 4) is 12.0 Å². The highest BCUT2D eigenvalue weighted by Crippen LogP contribution is 1.80. The lowest BCUT2D eigenvalue weighted by molar-refractivity contribution is 0.292. The SMILES string of the molecule is CCCC#CON=O. The predicted octanol–water partition coefficient (Wildman–Crippen LogP) is 1.45. The maximum atomic E-state index is 9.19. The molecule has 0 aliphatic rings. The van der Waals surface area contributed by atoms with Crippen LogP contribution < -0.4 is 0 Å². The Labute approximate surface area is 48.0 Å². The highest BCUT2D eigenvalue weighted by molar-refractivity contribution is 4.89. The summed E-state index contributed by atoms with van der Waals surface area (Å²) in [5.41, 5.74) is 0. The van der Waals surface area contributed by atoms with Gasteiger partial charge < -0.3 is 0 Å². The van der Waals surface area contributed by atoms with Gasteiger partial charge in [-0.2, -0.15) is 0 Å². The molecule has 0 aromatic heterocycles. The smallest absolute Gasteiger partial charge is 0.170 e. The van der Waals surface area contributed by atoms with E-state index in [4.69, 9.17) is 0 Å². The average molecular weight is 113 g/mol. The molecule has 0 aliphatic carbocycles. The molecule has 0 spiro atoms. The van der Waals surface area contributed by atoms with Crippen molar-refractivity contribution in [3.63, 3.8) is 0 Å². The molecule has 3 heteroatoms. The van der Waals surface area contributed by atoms with E-state index >= 15 is 0 Å². The molecular formula is C5H7NO2. The summed E-state index contributed by atoms with van der Waals surface area (Å²) in [5, 5.41) is 2.08. The van der Waals surface area contributed by atoms with Crippen molar-refractivity contribution in [2.24, 2.45) is 5.34 Å². The topological polar surface area (TPSA) is 38.7 Å². The molecule has 0 N–H and O–H groups in total. The van der Waals surface area contributed by atoms with Crippen molar-refractivity contribution in [3.05, 3.63) is 4.91 Å². The lowest BCUT2D eigenvalue weighted by Gasteiger charge is -1.73. The second-order valence-electron chi connectivity index (χ2n) is 1.19. The first-order valence-corrected chi connectivity index (χ1v) is 2.38. The summed E-state index contributed by atoms with van der Waals surface area (Å²) in [6.45, 7) is 1.99. The van der Waals surface area contributed by atoms with E-state index < -0.39 is 0 Å². The molecule has 0 saturated carbocycles. The summed E-state index contributed by atoms with van der Waals surface area (Å²) >= 11 is 0. The van der Waals surface area contributed by atoms with E-state index in [2.05, 4.69) is 22.2 Å². The van der Waals surface area contributed by atoms with Gasteiger partial charge in [0.2, 0.25) is 0 Å². The van der Waals surface area contributed by atoms with Crippen LogP contribution in [0.4, 0.5) is 0 Å². The quantitative estimate of drug-likeness (QED) is 0.309. The van der Waals surface area contributed by atoms with Crippen LogP contribution in [-0.2, 0) is 4.84 Å². The van der Waals surface area contributed by atoms with Crippen LogP contribution in [0, 0.1) is 16.9 Å². The van der Waals surface area contributed by atoms with Gasteiger partial charge in [-0.1, -0.05) is 12.8 Å². The maximum Gasteiger partial charge on any atom is 0.170 e. The van der Waals surface area contributed by atoms with E-state index in [9.17, 15) is 4.91 Å². The van der Waals surface area contributed by atoms with Gasteiger partial charge in [-0.3, -0.25) is 4.84 Å². The first-order chi connectivity index (χ1) is 3.91. The number of unbranched alkanes of at least 4 members (excludes halogenated alkanes) is 1. The molecule has 0 amide bonds. The zero-order valence-electron chi connectivity index (χ0n) is 4.68. The van der Waals surface area contributed by atoms with E-state index in [0.717, 1.165) is 12.8 Å². The Morgan fingerprint density at radius 1 is 1.75 bits per heavy atom. The van der Waals surface area contributed by atoms with Gasteiger partial charge in [-0.05, 0) is 6.42 Å². The monoisotopic (exact) mass is 113 g/mol. The molecule has 3 nitrogen and oxygen atoms in total. The Hall–Kier alpha value is -1.04. The fourth-order valence-electron chi connectivity index (χ4n) is 0.227. The van der Waals surface area contributed by atoms with Gasteiger partial charge in [0.1, 0.15) is 0 Å². The molecule has 8 heavy (non-hydrogen) atoms. The largest absolute Gasteiger partial charge is 0.268 e. The normalized spacial score (nSPS) is 6.62. The van der Waals surface area contributed by atoms with Gasteiger partial charge in [0.05, 0.1) is 0 Å². The first-order valence-electron chi connectivity index (χ1n) is 2.38. The summed E-state index contributed by atoms with van der Waals surface area (Å²) in [6, 6.07) is 0. The molecule has 0 fully saturated rings. The highest BCUT2D eigenvalue weighted by Gasteiger charge is 1.69. The Kier molecular flexibility index (Phi) is 5.19. The van der Waals surface area contributed by atoms with E-state index in [1.165, 1.54) is 0 Å². The minimum Gasteiger partial charge on any atom is -0.268 e. The van der Waals surface area contributed by atoms with Crippen LogP contribution in [0.15, 0.2) is 5.34 Å². The van der Waals surface area contributed by atoms with Crippen LogP contribution >= 0.6 is 0 Å². The summed E-state index contributed by atoms with van der Waals surface area (Å²) in [6.07, 6.45) is 3.82. The van der Waals surface area contributed by atoms with Gasteiger partial charge in [0.15, 0.2) is 11.4 Å². The molecule has 0 aromatic carbocycles. The van der Waals surface area contributed by atoms with Gasteiger partial charge in [-0.25, -0.2) is 0 Å². The molecule has 0 aliphatic heterocycles. The lowest BCUT2D eigenvalue weighted by Crippen LogP contribution is -1.64. The number of hydrogen-bond acceptors (Lipinski definition) is 3. The number of hydrogen-bond donors (Lipinski definition) is 0. The Bertz CT molecular complexity index is 111. The van der Waals surface area contributed by atoms with E-state index in [1.807, 2.05) is 6.92 Å². The third-order valence-corrected chi connectivity index (χ3v) is 0.530. The van der Waals surface area contributed by atoms with E-state index in [0.29, 0.717) is 0 Å². The fraction of sp³-hybridized carbons (Fsp3) is 0.600. The highest BCUT2D eigenvalue weighted by atomic mass is 16.7. The minimum absolute atomic E-state index is 0.746. The third kappa shape index (κ3) is 4.96. The number of nitrogens with zero attached hydrogens (tertiary/aromatic N) is 1. The van der Waals surface area contributed by atoms with Crippen molar-refractivity contribution < 1.29 is 4.84 Å². The predicted molar refractivity (Wildman–Crippen MR) is 29.6 cm³/mol. The van der Waals surface area contributed by atoms with Crippen LogP contribution in [0.25, 0.3) is 0 Å². The molecule has 0 rings (SSSR count). The first kappa shape index (κ1) is 6.96. The Morgan fingerprint density at radius 2 is 2.50 bits per heavy atom. The van der Waals surface area contributed by atoms with Crippen molar-refractivity contribution in [2.75, 3.05) is 0 Å². The Morgan fingerprint density at radius 3 is 3.00 bits per heavy atom. The zero-order valence-corrected chi connectivity index (χ0v) is 4.68. The van der Waals surface area contributed by atoms with E-state index in [-0.39, 0.29) is 0 Å². The van der Waals surface area contributed by atoms with E-state index in [1.54, 1.807) is 0 Å².